The lowest BCUT2D eigenvalue weighted by molar-refractivity contribution is -0.0584. The van der Waals surface area contributed by atoms with Gasteiger partial charge in [0.25, 0.3) is 17.4 Å². The molecule has 1 amide bonds. The molecule has 4 rings (SSSR count). The minimum absolute atomic E-state index is 0.175. The zero-order valence-corrected chi connectivity index (χ0v) is 19.1. The van der Waals surface area contributed by atoms with Crippen LogP contribution in [0.5, 0.6) is 0 Å². The fourth-order valence-electron chi connectivity index (χ4n) is 3.55. The summed E-state index contributed by atoms with van der Waals surface area (Å²) in [6, 6.07) is 6.23. The Labute approximate surface area is 202 Å². The first-order valence-corrected chi connectivity index (χ1v) is 10.6. The number of pyridine rings is 1. The van der Waals surface area contributed by atoms with E-state index in [1.807, 2.05) is 0 Å². The molecular formula is C23H20F3N7O3. The highest BCUT2D eigenvalue weighted by Gasteiger charge is 2.35. The summed E-state index contributed by atoms with van der Waals surface area (Å²) in [6.07, 6.45) is 4.45. The Morgan fingerprint density at radius 1 is 1.19 bits per heavy atom. The van der Waals surface area contributed by atoms with Crippen LogP contribution in [-0.2, 0) is 13.0 Å². The van der Waals surface area contributed by atoms with E-state index in [1.54, 1.807) is 19.3 Å². The standard InChI is InChI=1S/C23H20F3N7O3/c1-13(16-4-3-5-17(21(16)24)23(25,26)12-34)29-22(36)18-6-7-20(35)33(30-18)15-8-14(9-27-10-15)19-11-28-31-32(19)2/h3-11,13,34H,12H2,1-2H3,(H,29,36)/t13-/m1/s1. The molecule has 0 radical (unpaired) electrons. The quantitative estimate of drug-likeness (QED) is 0.399. The first-order chi connectivity index (χ1) is 17.1. The second kappa shape index (κ2) is 9.70. The Bertz CT molecular complexity index is 1490. The number of halogens is 3. The molecule has 3 aromatic heterocycles. The predicted octanol–water partition coefficient (Wildman–Crippen LogP) is 2.14. The molecule has 0 fully saturated rings. The molecule has 13 heteroatoms. The van der Waals surface area contributed by atoms with Gasteiger partial charge < -0.3 is 10.4 Å². The number of aliphatic hydroxyl groups is 1. The first kappa shape index (κ1) is 24.7. The van der Waals surface area contributed by atoms with Gasteiger partial charge in [-0.3, -0.25) is 14.6 Å². The van der Waals surface area contributed by atoms with Gasteiger partial charge in [-0.05, 0) is 25.1 Å². The van der Waals surface area contributed by atoms with Crippen molar-refractivity contribution in [1.82, 2.24) is 35.1 Å². The summed E-state index contributed by atoms with van der Waals surface area (Å²) in [5.74, 6) is -5.79. The van der Waals surface area contributed by atoms with Crippen molar-refractivity contribution in [2.24, 2.45) is 7.05 Å². The molecule has 0 saturated heterocycles. The number of aliphatic hydroxyl groups excluding tert-OH is 1. The molecule has 186 valence electrons. The number of carbonyl (C=O) groups is 1. The predicted molar refractivity (Wildman–Crippen MR) is 121 cm³/mol. The Morgan fingerprint density at radius 3 is 2.67 bits per heavy atom. The monoisotopic (exact) mass is 499 g/mol. The molecule has 1 atom stereocenters. The largest absolute Gasteiger partial charge is 0.390 e. The lowest BCUT2D eigenvalue weighted by Gasteiger charge is -2.20. The molecule has 0 aliphatic carbocycles. The van der Waals surface area contributed by atoms with Crippen molar-refractivity contribution in [3.63, 3.8) is 0 Å². The van der Waals surface area contributed by atoms with Gasteiger partial charge in [-0.15, -0.1) is 5.10 Å². The number of rotatable bonds is 7. The lowest BCUT2D eigenvalue weighted by Crippen LogP contribution is -2.31. The van der Waals surface area contributed by atoms with Gasteiger partial charge >= 0.3 is 0 Å². The minimum atomic E-state index is -3.78. The number of aromatic nitrogens is 6. The first-order valence-electron chi connectivity index (χ1n) is 10.6. The normalized spacial score (nSPS) is 12.4. The highest BCUT2D eigenvalue weighted by atomic mass is 19.3. The van der Waals surface area contributed by atoms with Crippen LogP contribution in [-0.4, -0.2) is 47.4 Å². The molecule has 1 aromatic carbocycles. The molecule has 0 aliphatic heterocycles. The van der Waals surface area contributed by atoms with E-state index in [2.05, 4.69) is 25.7 Å². The van der Waals surface area contributed by atoms with Gasteiger partial charge in [-0.1, -0.05) is 17.3 Å². The van der Waals surface area contributed by atoms with Crippen LogP contribution in [0.3, 0.4) is 0 Å². The number of alkyl halides is 2. The smallest absolute Gasteiger partial charge is 0.298 e. The summed E-state index contributed by atoms with van der Waals surface area (Å²) in [5, 5.41) is 23.1. The molecule has 10 nitrogen and oxygen atoms in total. The van der Waals surface area contributed by atoms with Crippen molar-refractivity contribution >= 4 is 5.91 Å². The summed E-state index contributed by atoms with van der Waals surface area (Å²) in [4.78, 5) is 29.4. The van der Waals surface area contributed by atoms with Crippen LogP contribution >= 0.6 is 0 Å². The van der Waals surface area contributed by atoms with Crippen LogP contribution in [0.1, 0.15) is 34.6 Å². The molecule has 36 heavy (non-hydrogen) atoms. The second-order valence-corrected chi connectivity index (χ2v) is 7.91. The van der Waals surface area contributed by atoms with E-state index in [0.717, 1.165) is 16.8 Å². The Morgan fingerprint density at radius 2 is 1.97 bits per heavy atom. The number of benzene rings is 1. The van der Waals surface area contributed by atoms with Crippen molar-refractivity contribution in [1.29, 1.82) is 0 Å². The molecule has 0 spiro atoms. The minimum Gasteiger partial charge on any atom is -0.390 e. The molecule has 0 saturated carbocycles. The number of nitrogens with zero attached hydrogens (tertiary/aromatic N) is 6. The van der Waals surface area contributed by atoms with Gasteiger partial charge in [-0.25, -0.2) is 9.07 Å². The molecule has 4 aromatic rings. The Balaban J connectivity index is 1.62. The summed E-state index contributed by atoms with van der Waals surface area (Å²) in [6.45, 7) is -0.157. The van der Waals surface area contributed by atoms with E-state index in [-0.39, 0.29) is 16.9 Å². The van der Waals surface area contributed by atoms with Crippen molar-refractivity contribution in [2.45, 2.75) is 18.9 Å². The van der Waals surface area contributed by atoms with E-state index in [4.69, 9.17) is 5.11 Å². The lowest BCUT2D eigenvalue weighted by atomic mass is 10.0. The molecule has 0 unspecified atom stereocenters. The van der Waals surface area contributed by atoms with Gasteiger partial charge in [0.1, 0.15) is 18.1 Å². The number of hydrogen-bond donors (Lipinski definition) is 2. The maximum atomic E-state index is 14.8. The molecule has 0 aliphatic rings. The van der Waals surface area contributed by atoms with Gasteiger partial charge in [-0.2, -0.15) is 18.6 Å². The van der Waals surface area contributed by atoms with Gasteiger partial charge in [0.2, 0.25) is 0 Å². The van der Waals surface area contributed by atoms with Gasteiger partial charge in [0.15, 0.2) is 0 Å². The van der Waals surface area contributed by atoms with Crippen LogP contribution < -0.4 is 10.9 Å². The van der Waals surface area contributed by atoms with E-state index < -0.39 is 41.4 Å². The van der Waals surface area contributed by atoms with Crippen molar-refractivity contribution < 1.29 is 23.1 Å². The third-order valence-electron chi connectivity index (χ3n) is 5.45. The van der Waals surface area contributed by atoms with E-state index in [9.17, 15) is 22.8 Å². The summed E-state index contributed by atoms with van der Waals surface area (Å²) in [7, 11) is 1.69. The molecule has 2 N–H and O–H groups in total. The summed E-state index contributed by atoms with van der Waals surface area (Å²) >= 11 is 0. The average molecular weight is 499 g/mol. The zero-order chi connectivity index (χ0) is 26.0. The van der Waals surface area contributed by atoms with E-state index in [1.165, 1.54) is 42.2 Å². The van der Waals surface area contributed by atoms with Crippen LogP contribution in [0.4, 0.5) is 13.2 Å². The number of amides is 1. The fraction of sp³-hybridized carbons (Fsp3) is 0.217. The number of aryl methyl sites for hydroxylation is 1. The van der Waals surface area contributed by atoms with E-state index >= 15 is 0 Å². The van der Waals surface area contributed by atoms with Gasteiger partial charge in [0.05, 0.1) is 35.4 Å². The SMILES string of the molecule is C[C@@H](NC(=O)c1ccc(=O)n(-c2cncc(-c3cnnn3C)c2)n1)c1cccc(C(F)(F)CO)c1F. The summed E-state index contributed by atoms with van der Waals surface area (Å²) in [5.41, 5.74) is -0.386. The van der Waals surface area contributed by atoms with Crippen LogP contribution in [0, 0.1) is 5.82 Å². The number of nitrogens with one attached hydrogen (secondary N) is 1. The number of carbonyl (C=O) groups excluding carboxylic acids is 1. The third kappa shape index (κ3) is 4.73. The highest BCUT2D eigenvalue weighted by molar-refractivity contribution is 5.92. The number of hydrogen-bond acceptors (Lipinski definition) is 7. The van der Waals surface area contributed by atoms with Crippen LogP contribution in [0.2, 0.25) is 0 Å². The molecule has 0 bridgehead atoms. The van der Waals surface area contributed by atoms with Gasteiger partial charge in [0, 0.05) is 30.4 Å². The van der Waals surface area contributed by atoms with Crippen LogP contribution in [0.25, 0.3) is 16.9 Å². The maximum absolute atomic E-state index is 14.8. The van der Waals surface area contributed by atoms with Crippen LogP contribution in [0.15, 0.2) is 59.8 Å². The van der Waals surface area contributed by atoms with Crippen molar-refractivity contribution in [2.75, 3.05) is 6.61 Å². The fourth-order valence-corrected chi connectivity index (χ4v) is 3.55. The Hall–Kier alpha value is -4.39. The average Bonchev–Trinajstić information content (AvgIpc) is 3.30. The maximum Gasteiger partial charge on any atom is 0.298 e. The highest BCUT2D eigenvalue weighted by Crippen LogP contribution is 2.32. The second-order valence-electron chi connectivity index (χ2n) is 7.91. The zero-order valence-electron chi connectivity index (χ0n) is 19.1. The summed E-state index contributed by atoms with van der Waals surface area (Å²) < 4.78 is 45.0. The third-order valence-corrected chi connectivity index (χ3v) is 5.45. The molecule has 3 heterocycles. The topological polar surface area (TPSA) is 128 Å². The molecular weight excluding hydrogens is 479 g/mol. The van der Waals surface area contributed by atoms with Crippen molar-refractivity contribution in [3.05, 3.63) is 88.0 Å². The van der Waals surface area contributed by atoms with E-state index in [0.29, 0.717) is 11.3 Å². The van der Waals surface area contributed by atoms with Crippen molar-refractivity contribution in [3.8, 4) is 16.9 Å². The Kier molecular flexibility index (Phi) is 6.66.